The molecular formula is C14H17BrN2O2. The molecule has 4 nitrogen and oxygen atoms in total. The van der Waals surface area contributed by atoms with Crippen molar-refractivity contribution in [1.82, 2.24) is 4.90 Å². The van der Waals surface area contributed by atoms with Crippen molar-refractivity contribution < 1.29 is 9.59 Å². The van der Waals surface area contributed by atoms with Crippen LogP contribution in [0.5, 0.6) is 0 Å². The molecule has 0 aromatic heterocycles. The van der Waals surface area contributed by atoms with E-state index in [1.165, 1.54) is 0 Å². The smallest absolute Gasteiger partial charge is 0.255 e. The van der Waals surface area contributed by atoms with Crippen LogP contribution in [0.4, 0.5) is 0 Å². The molecule has 1 aliphatic heterocycles. The maximum atomic E-state index is 12.6. The second-order valence-corrected chi connectivity index (χ2v) is 5.64. The minimum absolute atomic E-state index is 0.126. The van der Waals surface area contributed by atoms with Gasteiger partial charge < -0.3 is 10.6 Å². The number of rotatable bonds is 2. The Kier molecular flexibility index (Phi) is 4.24. The SMILES string of the molecule is Cc1cccc(C(=O)N2CCCCC2C(N)=O)c1Br. The predicted molar refractivity (Wildman–Crippen MR) is 76.7 cm³/mol. The van der Waals surface area contributed by atoms with Crippen molar-refractivity contribution >= 4 is 27.7 Å². The molecule has 0 saturated carbocycles. The van der Waals surface area contributed by atoms with Crippen molar-refractivity contribution in [1.29, 1.82) is 0 Å². The maximum Gasteiger partial charge on any atom is 0.255 e. The zero-order valence-corrected chi connectivity index (χ0v) is 12.4. The Labute approximate surface area is 121 Å². The van der Waals surface area contributed by atoms with Gasteiger partial charge in [-0.15, -0.1) is 0 Å². The highest BCUT2D eigenvalue weighted by atomic mass is 79.9. The molecule has 1 aromatic rings. The zero-order chi connectivity index (χ0) is 14.0. The van der Waals surface area contributed by atoms with Crippen LogP contribution in [0.1, 0.15) is 35.2 Å². The lowest BCUT2D eigenvalue weighted by Crippen LogP contribution is -2.50. The molecule has 1 saturated heterocycles. The van der Waals surface area contributed by atoms with Crippen molar-refractivity contribution in [2.45, 2.75) is 32.2 Å². The number of aryl methyl sites for hydroxylation is 1. The monoisotopic (exact) mass is 324 g/mol. The summed E-state index contributed by atoms with van der Waals surface area (Å²) in [6.07, 6.45) is 2.51. The van der Waals surface area contributed by atoms with Crippen LogP contribution in [0, 0.1) is 6.92 Å². The maximum absolute atomic E-state index is 12.6. The number of hydrogen-bond donors (Lipinski definition) is 1. The van der Waals surface area contributed by atoms with Gasteiger partial charge in [0.05, 0.1) is 5.56 Å². The summed E-state index contributed by atoms with van der Waals surface area (Å²) in [7, 11) is 0. The van der Waals surface area contributed by atoms with E-state index < -0.39 is 11.9 Å². The number of amides is 2. The molecule has 5 heteroatoms. The molecule has 2 rings (SSSR count). The third kappa shape index (κ3) is 2.81. The highest BCUT2D eigenvalue weighted by molar-refractivity contribution is 9.10. The summed E-state index contributed by atoms with van der Waals surface area (Å²) >= 11 is 3.44. The van der Waals surface area contributed by atoms with Crippen molar-refractivity contribution in [3.63, 3.8) is 0 Å². The van der Waals surface area contributed by atoms with Crippen LogP contribution in [0.15, 0.2) is 22.7 Å². The lowest BCUT2D eigenvalue weighted by molar-refractivity contribution is -0.123. The molecule has 1 unspecified atom stereocenters. The van der Waals surface area contributed by atoms with E-state index >= 15 is 0 Å². The van der Waals surface area contributed by atoms with E-state index in [2.05, 4.69) is 15.9 Å². The summed E-state index contributed by atoms with van der Waals surface area (Å²) in [6, 6.07) is 5.07. The fraction of sp³-hybridized carbons (Fsp3) is 0.429. The van der Waals surface area contributed by atoms with E-state index in [-0.39, 0.29) is 5.91 Å². The first-order valence-electron chi connectivity index (χ1n) is 6.37. The number of carbonyl (C=O) groups is 2. The Morgan fingerprint density at radius 2 is 2.11 bits per heavy atom. The van der Waals surface area contributed by atoms with Crippen LogP contribution in [-0.2, 0) is 4.79 Å². The summed E-state index contributed by atoms with van der Waals surface area (Å²) < 4.78 is 0.786. The molecule has 1 heterocycles. The Bertz CT molecular complexity index is 516. The van der Waals surface area contributed by atoms with E-state index in [1.54, 1.807) is 11.0 Å². The number of carbonyl (C=O) groups excluding carboxylic acids is 2. The Morgan fingerprint density at radius 3 is 2.79 bits per heavy atom. The van der Waals surface area contributed by atoms with Crippen LogP contribution in [0.25, 0.3) is 0 Å². The quantitative estimate of drug-likeness (QED) is 0.906. The predicted octanol–water partition coefficient (Wildman–Crippen LogP) is 2.24. The second-order valence-electron chi connectivity index (χ2n) is 4.85. The number of likely N-dealkylation sites (tertiary alicyclic amines) is 1. The highest BCUT2D eigenvalue weighted by Gasteiger charge is 2.31. The largest absolute Gasteiger partial charge is 0.368 e. The summed E-state index contributed by atoms with van der Waals surface area (Å²) in [6.45, 7) is 2.52. The molecule has 2 N–H and O–H groups in total. The van der Waals surface area contributed by atoms with Crippen molar-refractivity contribution in [2.75, 3.05) is 6.54 Å². The summed E-state index contributed by atoms with van der Waals surface area (Å²) in [5.41, 5.74) is 6.99. The Morgan fingerprint density at radius 1 is 1.37 bits per heavy atom. The van der Waals surface area contributed by atoms with Gasteiger partial charge in [-0.05, 0) is 53.7 Å². The molecule has 1 aromatic carbocycles. The average molecular weight is 325 g/mol. The molecule has 0 bridgehead atoms. The molecule has 0 spiro atoms. The molecule has 2 amide bonds. The summed E-state index contributed by atoms with van der Waals surface area (Å²) in [5.74, 6) is -0.545. The summed E-state index contributed by atoms with van der Waals surface area (Å²) in [4.78, 5) is 25.6. The van der Waals surface area contributed by atoms with E-state index in [1.807, 2.05) is 19.1 Å². The van der Waals surface area contributed by atoms with Gasteiger partial charge in [0.2, 0.25) is 5.91 Å². The molecular weight excluding hydrogens is 308 g/mol. The first-order chi connectivity index (χ1) is 9.02. The number of piperidine rings is 1. The third-order valence-corrected chi connectivity index (χ3v) is 4.57. The van der Waals surface area contributed by atoms with Gasteiger partial charge in [-0.25, -0.2) is 0 Å². The van der Waals surface area contributed by atoms with Crippen LogP contribution in [0.3, 0.4) is 0 Å². The van der Waals surface area contributed by atoms with Crippen LogP contribution in [-0.4, -0.2) is 29.3 Å². The van der Waals surface area contributed by atoms with Crippen LogP contribution >= 0.6 is 15.9 Å². The normalized spacial score (nSPS) is 19.3. The third-order valence-electron chi connectivity index (χ3n) is 3.51. The summed E-state index contributed by atoms with van der Waals surface area (Å²) in [5, 5.41) is 0. The minimum atomic E-state index is -0.478. The van der Waals surface area contributed by atoms with Gasteiger partial charge in [0.15, 0.2) is 0 Å². The van der Waals surface area contributed by atoms with E-state index in [4.69, 9.17) is 5.73 Å². The Balaban J connectivity index is 2.31. The topological polar surface area (TPSA) is 63.4 Å². The van der Waals surface area contributed by atoms with Crippen molar-refractivity contribution in [2.24, 2.45) is 5.73 Å². The molecule has 19 heavy (non-hydrogen) atoms. The first kappa shape index (κ1) is 14.1. The minimum Gasteiger partial charge on any atom is -0.368 e. The van der Waals surface area contributed by atoms with Gasteiger partial charge in [0.1, 0.15) is 6.04 Å². The number of primary amides is 1. The van der Waals surface area contributed by atoms with Gasteiger partial charge in [0.25, 0.3) is 5.91 Å². The second kappa shape index (κ2) is 5.74. The fourth-order valence-electron chi connectivity index (χ4n) is 2.44. The lowest BCUT2D eigenvalue weighted by atomic mass is 10.00. The first-order valence-corrected chi connectivity index (χ1v) is 7.17. The molecule has 102 valence electrons. The van der Waals surface area contributed by atoms with Gasteiger partial charge in [0, 0.05) is 11.0 Å². The van der Waals surface area contributed by atoms with Crippen molar-refractivity contribution in [3.05, 3.63) is 33.8 Å². The Hall–Kier alpha value is -1.36. The number of hydrogen-bond acceptors (Lipinski definition) is 2. The van der Waals surface area contributed by atoms with E-state index in [9.17, 15) is 9.59 Å². The van der Waals surface area contributed by atoms with Gasteiger partial charge >= 0.3 is 0 Å². The number of halogens is 1. The number of benzene rings is 1. The number of nitrogens with two attached hydrogens (primary N) is 1. The molecule has 0 radical (unpaired) electrons. The number of nitrogens with zero attached hydrogens (tertiary/aromatic N) is 1. The molecule has 0 aliphatic carbocycles. The lowest BCUT2D eigenvalue weighted by Gasteiger charge is -2.34. The van der Waals surface area contributed by atoms with Crippen LogP contribution < -0.4 is 5.73 Å². The molecule has 1 atom stereocenters. The average Bonchev–Trinajstić information content (AvgIpc) is 2.41. The van der Waals surface area contributed by atoms with E-state index in [0.29, 0.717) is 18.5 Å². The standard InChI is InChI=1S/C14H17BrN2O2/c1-9-5-4-6-10(12(9)15)14(19)17-8-3-2-7-11(17)13(16)18/h4-6,11H,2-3,7-8H2,1H3,(H2,16,18). The van der Waals surface area contributed by atoms with Crippen molar-refractivity contribution in [3.8, 4) is 0 Å². The van der Waals surface area contributed by atoms with Gasteiger partial charge in [-0.3, -0.25) is 9.59 Å². The molecule has 1 aliphatic rings. The zero-order valence-electron chi connectivity index (χ0n) is 10.9. The van der Waals surface area contributed by atoms with Gasteiger partial charge in [-0.2, -0.15) is 0 Å². The molecule has 1 fully saturated rings. The highest BCUT2D eigenvalue weighted by Crippen LogP contribution is 2.25. The van der Waals surface area contributed by atoms with E-state index in [0.717, 1.165) is 22.9 Å². The van der Waals surface area contributed by atoms with Gasteiger partial charge in [-0.1, -0.05) is 12.1 Å². The van der Waals surface area contributed by atoms with Crippen LogP contribution in [0.2, 0.25) is 0 Å². The fourth-order valence-corrected chi connectivity index (χ4v) is 2.87.